The van der Waals surface area contributed by atoms with Gasteiger partial charge in [-0.15, -0.1) is 0 Å². The van der Waals surface area contributed by atoms with Crippen LogP contribution in [-0.2, 0) is 4.79 Å². The summed E-state index contributed by atoms with van der Waals surface area (Å²) in [5.41, 5.74) is 2.64. The van der Waals surface area contributed by atoms with E-state index in [0.29, 0.717) is 21.7 Å². The SMILES string of the molecule is COc1ccccc1C(=O)NCC(=O)NN=Cc1ccc(Br)o1. The first-order chi connectivity index (χ1) is 11.1. The van der Waals surface area contributed by atoms with Crippen molar-refractivity contribution < 1.29 is 18.7 Å². The highest BCUT2D eigenvalue weighted by Crippen LogP contribution is 2.16. The van der Waals surface area contributed by atoms with E-state index in [1.54, 1.807) is 36.4 Å². The van der Waals surface area contributed by atoms with Crippen LogP contribution in [0.15, 0.2) is 50.6 Å². The zero-order valence-electron chi connectivity index (χ0n) is 12.2. The molecule has 120 valence electrons. The zero-order valence-corrected chi connectivity index (χ0v) is 13.8. The number of hydrazone groups is 1. The first-order valence-electron chi connectivity index (χ1n) is 6.58. The number of carbonyl (C=O) groups excluding carboxylic acids is 2. The Kier molecular flexibility index (Phi) is 5.93. The molecule has 0 saturated carbocycles. The van der Waals surface area contributed by atoms with Crippen molar-refractivity contribution in [3.05, 3.63) is 52.4 Å². The fourth-order valence-corrected chi connectivity index (χ4v) is 2.01. The van der Waals surface area contributed by atoms with Gasteiger partial charge >= 0.3 is 0 Å². The molecule has 0 aliphatic rings. The van der Waals surface area contributed by atoms with E-state index in [-0.39, 0.29) is 6.54 Å². The average molecular weight is 380 g/mol. The highest BCUT2D eigenvalue weighted by molar-refractivity contribution is 9.10. The summed E-state index contributed by atoms with van der Waals surface area (Å²) in [7, 11) is 1.47. The van der Waals surface area contributed by atoms with Crippen LogP contribution >= 0.6 is 15.9 Å². The number of nitrogens with one attached hydrogen (secondary N) is 2. The van der Waals surface area contributed by atoms with Crippen molar-refractivity contribution >= 4 is 34.0 Å². The molecule has 0 fully saturated rings. The average Bonchev–Trinajstić information content (AvgIpc) is 2.98. The molecule has 2 amide bonds. The van der Waals surface area contributed by atoms with E-state index >= 15 is 0 Å². The lowest BCUT2D eigenvalue weighted by molar-refractivity contribution is -0.120. The van der Waals surface area contributed by atoms with Crippen LogP contribution in [0.4, 0.5) is 0 Å². The third-order valence-corrected chi connectivity index (χ3v) is 3.16. The van der Waals surface area contributed by atoms with Crippen LogP contribution in [0, 0.1) is 0 Å². The summed E-state index contributed by atoms with van der Waals surface area (Å²) in [5, 5.41) is 6.21. The molecular formula is C15H14BrN3O4. The first kappa shape index (κ1) is 16.8. The standard InChI is InChI=1S/C15H14BrN3O4/c1-22-12-5-3-2-4-11(12)15(21)17-9-14(20)19-18-8-10-6-7-13(16)23-10/h2-8H,9H2,1H3,(H,17,21)(H,19,20). The predicted molar refractivity (Wildman–Crippen MR) is 87.5 cm³/mol. The minimum absolute atomic E-state index is 0.212. The molecule has 23 heavy (non-hydrogen) atoms. The molecule has 8 heteroatoms. The lowest BCUT2D eigenvalue weighted by atomic mass is 10.2. The van der Waals surface area contributed by atoms with Gasteiger partial charge in [0.2, 0.25) is 0 Å². The second-order valence-corrected chi connectivity index (χ2v) is 5.10. The van der Waals surface area contributed by atoms with Crippen molar-refractivity contribution in [3.8, 4) is 5.75 Å². The summed E-state index contributed by atoms with van der Waals surface area (Å²) >= 11 is 3.15. The zero-order chi connectivity index (χ0) is 16.7. The Bertz CT molecular complexity index is 727. The van der Waals surface area contributed by atoms with Gasteiger partial charge in [-0.3, -0.25) is 9.59 Å². The van der Waals surface area contributed by atoms with Gasteiger partial charge in [0.05, 0.1) is 25.4 Å². The predicted octanol–water partition coefficient (Wildman–Crippen LogP) is 1.93. The number of nitrogens with zero attached hydrogens (tertiary/aromatic N) is 1. The fourth-order valence-electron chi connectivity index (χ4n) is 1.69. The molecule has 2 rings (SSSR count). The third-order valence-electron chi connectivity index (χ3n) is 2.74. The molecule has 1 heterocycles. The normalized spacial score (nSPS) is 10.5. The number of ether oxygens (including phenoxy) is 1. The maximum atomic E-state index is 12.0. The molecule has 0 aliphatic carbocycles. The smallest absolute Gasteiger partial charge is 0.259 e. The van der Waals surface area contributed by atoms with Crippen molar-refractivity contribution in [2.24, 2.45) is 5.10 Å². The highest BCUT2D eigenvalue weighted by Gasteiger charge is 2.12. The van der Waals surface area contributed by atoms with Gasteiger partial charge in [-0.25, -0.2) is 5.43 Å². The molecule has 1 aromatic heterocycles. The number of halogens is 1. The molecule has 0 unspecified atom stereocenters. The first-order valence-corrected chi connectivity index (χ1v) is 7.38. The number of benzene rings is 1. The number of carbonyl (C=O) groups is 2. The van der Waals surface area contributed by atoms with E-state index in [2.05, 4.69) is 31.8 Å². The number of hydrogen-bond acceptors (Lipinski definition) is 5. The van der Waals surface area contributed by atoms with E-state index < -0.39 is 11.8 Å². The Labute approximate surface area is 140 Å². The van der Waals surface area contributed by atoms with Crippen molar-refractivity contribution in [1.29, 1.82) is 0 Å². The third kappa shape index (κ3) is 4.96. The minimum Gasteiger partial charge on any atom is -0.496 e. The maximum absolute atomic E-state index is 12.0. The Morgan fingerprint density at radius 2 is 2.09 bits per heavy atom. The van der Waals surface area contributed by atoms with Crippen molar-refractivity contribution in [1.82, 2.24) is 10.7 Å². The van der Waals surface area contributed by atoms with Crippen molar-refractivity contribution in [2.75, 3.05) is 13.7 Å². The topological polar surface area (TPSA) is 92.9 Å². The Morgan fingerprint density at radius 1 is 1.30 bits per heavy atom. The van der Waals surface area contributed by atoms with Gasteiger partial charge in [0, 0.05) is 0 Å². The van der Waals surface area contributed by atoms with Crippen LogP contribution < -0.4 is 15.5 Å². The lowest BCUT2D eigenvalue weighted by Gasteiger charge is -2.08. The molecule has 7 nitrogen and oxygen atoms in total. The number of amides is 2. The van der Waals surface area contributed by atoms with E-state index in [1.807, 2.05) is 0 Å². The number of methoxy groups -OCH3 is 1. The summed E-state index contributed by atoms with van der Waals surface area (Å²) in [6, 6.07) is 10.1. The van der Waals surface area contributed by atoms with Crippen LogP contribution in [0.5, 0.6) is 5.75 Å². The van der Waals surface area contributed by atoms with E-state index in [9.17, 15) is 9.59 Å². The highest BCUT2D eigenvalue weighted by atomic mass is 79.9. The van der Waals surface area contributed by atoms with E-state index in [1.165, 1.54) is 13.3 Å². The quantitative estimate of drug-likeness (QED) is 0.592. The second kappa shape index (κ2) is 8.14. The molecule has 0 atom stereocenters. The summed E-state index contributed by atoms with van der Waals surface area (Å²) in [4.78, 5) is 23.6. The van der Waals surface area contributed by atoms with Crippen molar-refractivity contribution in [2.45, 2.75) is 0 Å². The van der Waals surface area contributed by atoms with Crippen molar-refractivity contribution in [3.63, 3.8) is 0 Å². The Hall–Kier alpha value is -2.61. The van der Waals surface area contributed by atoms with Crippen LogP contribution in [0.3, 0.4) is 0 Å². The maximum Gasteiger partial charge on any atom is 0.259 e. The molecular weight excluding hydrogens is 366 g/mol. The van der Waals surface area contributed by atoms with Crippen LogP contribution in [0.25, 0.3) is 0 Å². The van der Waals surface area contributed by atoms with E-state index in [0.717, 1.165) is 0 Å². The van der Waals surface area contributed by atoms with Gasteiger partial charge in [-0.1, -0.05) is 12.1 Å². The summed E-state index contributed by atoms with van der Waals surface area (Å²) < 4.78 is 10.8. The van der Waals surface area contributed by atoms with E-state index in [4.69, 9.17) is 9.15 Å². The molecule has 2 aromatic rings. The summed E-state index contributed by atoms with van der Waals surface area (Å²) in [6.45, 7) is -0.212. The Balaban J connectivity index is 1.82. The van der Waals surface area contributed by atoms with Gasteiger partial charge in [-0.05, 0) is 40.2 Å². The molecule has 0 spiro atoms. The van der Waals surface area contributed by atoms with Crippen LogP contribution in [0.2, 0.25) is 0 Å². The van der Waals surface area contributed by atoms with Crippen LogP contribution in [-0.4, -0.2) is 31.7 Å². The van der Waals surface area contributed by atoms with Crippen LogP contribution in [0.1, 0.15) is 16.1 Å². The lowest BCUT2D eigenvalue weighted by Crippen LogP contribution is -2.35. The van der Waals surface area contributed by atoms with Gasteiger partial charge in [-0.2, -0.15) is 5.10 Å². The largest absolute Gasteiger partial charge is 0.496 e. The molecule has 1 aromatic carbocycles. The van der Waals surface area contributed by atoms with Gasteiger partial charge in [0.15, 0.2) is 4.67 Å². The second-order valence-electron chi connectivity index (χ2n) is 4.32. The number of rotatable bonds is 6. The molecule has 0 aliphatic heterocycles. The van der Waals surface area contributed by atoms with Gasteiger partial charge < -0.3 is 14.5 Å². The van der Waals surface area contributed by atoms with Gasteiger partial charge in [0.1, 0.15) is 11.5 Å². The minimum atomic E-state index is -0.463. The molecule has 2 N–H and O–H groups in total. The number of hydrogen-bond donors (Lipinski definition) is 2. The molecule has 0 radical (unpaired) electrons. The Morgan fingerprint density at radius 3 is 2.78 bits per heavy atom. The molecule has 0 saturated heterocycles. The fraction of sp³-hybridized carbons (Fsp3) is 0.133. The number of furan rings is 1. The number of para-hydroxylation sites is 1. The summed E-state index contributed by atoms with van der Waals surface area (Å²) in [5.74, 6) is 0.0497. The monoisotopic (exact) mass is 379 g/mol. The molecule has 0 bridgehead atoms. The summed E-state index contributed by atoms with van der Waals surface area (Å²) in [6.07, 6.45) is 1.35. The van der Waals surface area contributed by atoms with Gasteiger partial charge in [0.25, 0.3) is 11.8 Å².